The Kier molecular flexibility index (Phi) is 7.49. The number of rotatable bonds is 7. The van der Waals surface area contributed by atoms with Crippen LogP contribution in [0, 0.1) is 5.82 Å². The lowest BCUT2D eigenvalue weighted by Gasteiger charge is -2.35. The molecule has 188 valence electrons. The molecule has 3 aromatic rings. The van der Waals surface area contributed by atoms with E-state index in [1.165, 1.54) is 30.3 Å². The molecule has 35 heavy (non-hydrogen) atoms. The summed E-state index contributed by atoms with van der Waals surface area (Å²) in [6.45, 7) is 0. The first-order valence-corrected chi connectivity index (χ1v) is 11.8. The van der Waals surface area contributed by atoms with Crippen LogP contribution in [0.2, 0.25) is 5.02 Å². The third kappa shape index (κ3) is 6.92. The fourth-order valence-electron chi connectivity index (χ4n) is 3.53. The molecule has 0 bridgehead atoms. The summed E-state index contributed by atoms with van der Waals surface area (Å²) in [6.07, 6.45) is -9.66. The lowest BCUT2D eigenvalue weighted by molar-refractivity contribution is -0.137. The number of pyridine rings is 1. The van der Waals surface area contributed by atoms with E-state index in [4.69, 9.17) is 11.6 Å². The average Bonchev–Trinajstić information content (AvgIpc) is 2.71. The molecule has 1 atom stereocenters. The number of halogens is 8. The second kappa shape index (κ2) is 9.75. The molecule has 2 aromatic carbocycles. The third-order valence-electron chi connectivity index (χ3n) is 4.88. The summed E-state index contributed by atoms with van der Waals surface area (Å²) in [7, 11) is -5.24. The van der Waals surface area contributed by atoms with Gasteiger partial charge in [0, 0.05) is 12.6 Å². The molecule has 13 heteroatoms. The average molecular weight is 541 g/mol. The molecular formula is C22H16ClF7N2O2S. The van der Waals surface area contributed by atoms with Gasteiger partial charge in [-0.15, -0.1) is 0 Å². The molecule has 1 unspecified atom stereocenters. The van der Waals surface area contributed by atoms with Crippen molar-refractivity contribution in [2.24, 2.45) is 0 Å². The van der Waals surface area contributed by atoms with Crippen molar-refractivity contribution in [1.29, 1.82) is 0 Å². The molecule has 4 nitrogen and oxygen atoms in total. The summed E-state index contributed by atoms with van der Waals surface area (Å²) in [5.41, 5.74) is -4.41. The van der Waals surface area contributed by atoms with Gasteiger partial charge >= 0.3 is 12.4 Å². The molecule has 1 aromatic heterocycles. The van der Waals surface area contributed by atoms with Crippen molar-refractivity contribution in [3.05, 3.63) is 100 Å². The Labute approximate surface area is 200 Å². The molecule has 0 aliphatic rings. The Balaban J connectivity index is 2.36. The SMILES string of the molecule is O=S(=O)(CC(F)(F)F)NC(Cc1ccccc1)(c1cc(F)cc(C(F)(F)F)c1)c1ccc(Cl)cn1. The summed E-state index contributed by atoms with van der Waals surface area (Å²) in [6, 6.07) is 11.3. The topological polar surface area (TPSA) is 59.1 Å². The van der Waals surface area contributed by atoms with Gasteiger partial charge in [0.25, 0.3) is 0 Å². The van der Waals surface area contributed by atoms with Crippen molar-refractivity contribution in [2.75, 3.05) is 5.75 Å². The predicted octanol–water partition coefficient (Wildman–Crippen LogP) is 5.86. The zero-order valence-electron chi connectivity index (χ0n) is 17.5. The molecule has 0 amide bonds. The van der Waals surface area contributed by atoms with E-state index < -0.39 is 57.0 Å². The summed E-state index contributed by atoms with van der Waals surface area (Å²) in [5, 5.41) is 0.0655. The van der Waals surface area contributed by atoms with Crippen LogP contribution in [-0.4, -0.2) is 25.3 Å². The molecule has 1 N–H and O–H groups in total. The minimum atomic E-state index is -5.24. The zero-order valence-corrected chi connectivity index (χ0v) is 19.0. The van der Waals surface area contributed by atoms with E-state index in [9.17, 15) is 39.2 Å². The minimum Gasteiger partial charge on any atom is -0.257 e. The van der Waals surface area contributed by atoms with Gasteiger partial charge in [0.05, 0.1) is 16.3 Å². The Morgan fingerprint density at radius 1 is 0.886 bits per heavy atom. The smallest absolute Gasteiger partial charge is 0.257 e. The first kappa shape index (κ1) is 26.9. The number of benzene rings is 2. The van der Waals surface area contributed by atoms with Crippen LogP contribution in [-0.2, 0) is 28.2 Å². The summed E-state index contributed by atoms with van der Waals surface area (Å²) in [5.74, 6) is -3.71. The molecule has 3 rings (SSSR count). The van der Waals surface area contributed by atoms with Gasteiger partial charge in [-0.05, 0) is 41.5 Å². The standard InChI is InChI=1S/C22H16ClF7N2O2S/c23-17-6-7-19(31-12-17)20(11-14-4-2-1-3-5-14,32-35(33,34)13-21(25,26)27)15-8-16(22(28,29)30)10-18(24)9-15/h1-10,12,32H,11,13H2. The Bertz CT molecular complexity index is 1280. The van der Waals surface area contributed by atoms with E-state index in [1.54, 1.807) is 6.07 Å². The van der Waals surface area contributed by atoms with Crippen molar-refractivity contribution in [3.63, 3.8) is 0 Å². The van der Waals surface area contributed by atoms with Crippen LogP contribution in [0.25, 0.3) is 0 Å². The summed E-state index contributed by atoms with van der Waals surface area (Å²) < 4.78 is 121. The lowest BCUT2D eigenvalue weighted by atomic mass is 9.81. The quantitative estimate of drug-likeness (QED) is 0.382. The maximum Gasteiger partial charge on any atom is 0.416 e. The molecule has 0 radical (unpaired) electrons. The van der Waals surface area contributed by atoms with Crippen molar-refractivity contribution >= 4 is 21.6 Å². The fourth-order valence-corrected chi connectivity index (χ4v) is 4.98. The Morgan fingerprint density at radius 3 is 2.06 bits per heavy atom. The van der Waals surface area contributed by atoms with Crippen LogP contribution >= 0.6 is 11.6 Å². The second-order valence-corrected chi connectivity index (χ2v) is 9.79. The number of alkyl halides is 6. The molecular weight excluding hydrogens is 525 g/mol. The lowest BCUT2D eigenvalue weighted by Crippen LogP contribution is -2.51. The van der Waals surface area contributed by atoms with Gasteiger partial charge in [-0.25, -0.2) is 12.8 Å². The van der Waals surface area contributed by atoms with Crippen LogP contribution in [0.3, 0.4) is 0 Å². The molecule has 0 spiro atoms. The number of sulfonamides is 1. The van der Waals surface area contributed by atoms with Gasteiger partial charge < -0.3 is 0 Å². The number of nitrogens with zero attached hydrogens (tertiary/aromatic N) is 1. The highest BCUT2D eigenvalue weighted by Crippen LogP contribution is 2.38. The number of hydrogen-bond donors (Lipinski definition) is 1. The number of hydrogen-bond acceptors (Lipinski definition) is 3. The normalized spacial score (nSPS) is 14.5. The van der Waals surface area contributed by atoms with E-state index >= 15 is 0 Å². The zero-order chi connectivity index (χ0) is 26.1. The maximum atomic E-state index is 14.4. The highest BCUT2D eigenvalue weighted by Gasteiger charge is 2.45. The van der Waals surface area contributed by atoms with E-state index in [0.29, 0.717) is 17.7 Å². The molecule has 0 aliphatic heterocycles. The highest BCUT2D eigenvalue weighted by molar-refractivity contribution is 7.89. The van der Waals surface area contributed by atoms with Crippen LogP contribution in [0.15, 0.2) is 66.9 Å². The molecule has 0 fully saturated rings. The molecule has 0 saturated carbocycles. The largest absolute Gasteiger partial charge is 0.416 e. The number of aromatic nitrogens is 1. The van der Waals surface area contributed by atoms with E-state index in [1.807, 2.05) is 4.72 Å². The first-order chi connectivity index (χ1) is 16.1. The monoisotopic (exact) mass is 540 g/mol. The number of nitrogens with one attached hydrogen (secondary N) is 1. The Morgan fingerprint density at radius 2 is 1.51 bits per heavy atom. The van der Waals surface area contributed by atoms with Crippen LogP contribution in [0.4, 0.5) is 30.7 Å². The molecule has 0 saturated heterocycles. The van der Waals surface area contributed by atoms with Gasteiger partial charge in [-0.3, -0.25) is 4.98 Å². The molecule has 1 heterocycles. The summed E-state index contributed by atoms with van der Waals surface area (Å²) in [4.78, 5) is 3.98. The van der Waals surface area contributed by atoms with Gasteiger partial charge in [0.2, 0.25) is 10.0 Å². The predicted molar refractivity (Wildman–Crippen MR) is 115 cm³/mol. The Hall–Kier alpha value is -2.70. The summed E-state index contributed by atoms with van der Waals surface area (Å²) >= 11 is 5.84. The van der Waals surface area contributed by atoms with E-state index in [-0.39, 0.29) is 16.8 Å². The van der Waals surface area contributed by atoms with Crippen LogP contribution < -0.4 is 4.72 Å². The maximum absolute atomic E-state index is 14.4. The van der Waals surface area contributed by atoms with Crippen LogP contribution in [0.1, 0.15) is 22.4 Å². The van der Waals surface area contributed by atoms with E-state index in [2.05, 4.69) is 4.98 Å². The van der Waals surface area contributed by atoms with Gasteiger partial charge in [-0.2, -0.15) is 31.1 Å². The minimum absolute atomic E-state index is 0.0655. The van der Waals surface area contributed by atoms with Crippen LogP contribution in [0.5, 0.6) is 0 Å². The van der Waals surface area contributed by atoms with Crippen molar-refractivity contribution in [1.82, 2.24) is 9.71 Å². The van der Waals surface area contributed by atoms with Crippen molar-refractivity contribution in [2.45, 2.75) is 24.3 Å². The van der Waals surface area contributed by atoms with Gasteiger partial charge in [0.15, 0.2) is 5.75 Å². The fraction of sp³-hybridized carbons (Fsp3) is 0.227. The first-order valence-electron chi connectivity index (χ1n) is 9.72. The molecule has 0 aliphatic carbocycles. The van der Waals surface area contributed by atoms with Crippen molar-refractivity contribution in [3.8, 4) is 0 Å². The second-order valence-electron chi connectivity index (χ2n) is 7.63. The van der Waals surface area contributed by atoms with Gasteiger partial charge in [0.1, 0.15) is 11.4 Å². The highest BCUT2D eigenvalue weighted by atomic mass is 35.5. The van der Waals surface area contributed by atoms with Gasteiger partial charge in [-0.1, -0.05) is 41.9 Å². The van der Waals surface area contributed by atoms with E-state index in [0.717, 1.165) is 12.3 Å². The van der Waals surface area contributed by atoms with Crippen molar-refractivity contribution < 1.29 is 39.2 Å². The third-order valence-corrected chi connectivity index (χ3v) is 6.47.